The second-order valence-corrected chi connectivity index (χ2v) is 19.9. The van der Waals surface area contributed by atoms with Crippen molar-refractivity contribution in [3.05, 3.63) is 85.1 Å². The SMILES string of the molecule is CC/C=C\C/C=C\C/C=C\C/C=C\C/C=C\C/C=C\C/C=C\CCCCCCOCC(COP(=O)([O-])OCC[N+](C)(C)C)OC(=O)CCCCCCCCCCCCCCCCCCC. The summed E-state index contributed by atoms with van der Waals surface area (Å²) in [6.45, 7) is 5.24. The van der Waals surface area contributed by atoms with Gasteiger partial charge in [0.2, 0.25) is 0 Å². The molecule has 0 aliphatic carbocycles. The maximum Gasteiger partial charge on any atom is 0.306 e. The number of quaternary nitrogens is 1. The topological polar surface area (TPSA) is 94.1 Å². The second-order valence-electron chi connectivity index (χ2n) is 18.5. The summed E-state index contributed by atoms with van der Waals surface area (Å²) in [4.78, 5) is 25.2. The van der Waals surface area contributed by atoms with Crippen molar-refractivity contribution in [2.45, 2.75) is 213 Å². The molecule has 0 saturated heterocycles. The van der Waals surface area contributed by atoms with Gasteiger partial charge in [-0.2, -0.15) is 0 Å². The third-order valence-corrected chi connectivity index (χ3v) is 11.9. The second kappa shape index (κ2) is 48.1. The molecule has 0 heterocycles. The average Bonchev–Trinajstić information content (AvgIpc) is 3.27. The Morgan fingerprint density at radius 2 is 0.892 bits per heavy atom. The number of carbonyl (C=O) groups is 1. The first kappa shape index (κ1) is 62.7. The number of ether oxygens (including phenoxy) is 2. The molecule has 8 nitrogen and oxygen atoms in total. The Labute approximate surface area is 401 Å². The van der Waals surface area contributed by atoms with Crippen LogP contribution in [0.3, 0.4) is 0 Å². The summed E-state index contributed by atoms with van der Waals surface area (Å²) >= 11 is 0. The third-order valence-electron chi connectivity index (χ3n) is 11.0. The summed E-state index contributed by atoms with van der Waals surface area (Å²) in [6, 6.07) is 0. The molecule has 0 bridgehead atoms. The highest BCUT2D eigenvalue weighted by molar-refractivity contribution is 7.45. The molecule has 0 radical (unpaired) electrons. The standard InChI is InChI=1S/C56H100NO7P/c1-6-8-10-12-14-16-18-20-22-24-25-26-27-28-29-30-31-32-34-36-38-40-42-44-46-48-51-61-53-55(54-63-65(59,60)62-52-50-57(3,4)5)64-56(58)49-47-45-43-41-39-37-35-33-23-21-19-17-15-13-11-9-7-2/h8,10,14,16,20,22,25-26,28-29,31-32,36,38,55H,6-7,9,11-13,15,17-19,21,23-24,27,30,33-35,37,39-54H2,1-5H3/b10-8-,16-14-,22-20-,26-25-,29-28-,32-31-,38-36-. The molecular formula is C56H100NO7P. The lowest BCUT2D eigenvalue weighted by Crippen LogP contribution is -2.37. The van der Waals surface area contributed by atoms with E-state index in [0.29, 0.717) is 24.1 Å². The fraction of sp³-hybridized carbons (Fsp3) is 0.732. The van der Waals surface area contributed by atoms with Gasteiger partial charge in [0, 0.05) is 13.0 Å². The highest BCUT2D eigenvalue weighted by Gasteiger charge is 2.20. The van der Waals surface area contributed by atoms with Crippen LogP contribution in [0.5, 0.6) is 0 Å². The van der Waals surface area contributed by atoms with Gasteiger partial charge in [0.05, 0.1) is 34.4 Å². The summed E-state index contributed by atoms with van der Waals surface area (Å²) in [5, 5.41) is 0. The minimum Gasteiger partial charge on any atom is -0.756 e. The molecule has 0 rings (SSSR count). The van der Waals surface area contributed by atoms with Crippen LogP contribution < -0.4 is 4.89 Å². The van der Waals surface area contributed by atoms with Crippen molar-refractivity contribution < 1.29 is 37.3 Å². The zero-order chi connectivity index (χ0) is 47.6. The fourth-order valence-corrected chi connectivity index (χ4v) is 7.67. The number of allylic oxidation sites excluding steroid dienone is 14. The molecule has 9 heteroatoms. The van der Waals surface area contributed by atoms with Crippen molar-refractivity contribution in [3.63, 3.8) is 0 Å². The molecule has 0 aliphatic rings. The lowest BCUT2D eigenvalue weighted by Gasteiger charge is -2.28. The van der Waals surface area contributed by atoms with Gasteiger partial charge in [-0.1, -0.05) is 214 Å². The molecule has 0 aromatic rings. The third kappa shape index (κ3) is 52.5. The zero-order valence-corrected chi connectivity index (χ0v) is 43.6. The minimum atomic E-state index is -4.54. The van der Waals surface area contributed by atoms with E-state index in [1.54, 1.807) is 0 Å². The van der Waals surface area contributed by atoms with Gasteiger partial charge in [-0.25, -0.2) is 0 Å². The van der Waals surface area contributed by atoms with Crippen LogP contribution >= 0.6 is 7.82 Å². The lowest BCUT2D eigenvalue weighted by molar-refractivity contribution is -0.870. The molecule has 0 aromatic carbocycles. The number of likely N-dealkylation sites (N-methyl/N-ethyl adjacent to an activating group) is 1. The van der Waals surface area contributed by atoms with E-state index in [-0.39, 0.29) is 25.8 Å². The van der Waals surface area contributed by atoms with Crippen LogP contribution in [0.4, 0.5) is 0 Å². The predicted octanol–water partition coefficient (Wildman–Crippen LogP) is 15.8. The van der Waals surface area contributed by atoms with Crippen molar-refractivity contribution in [1.82, 2.24) is 0 Å². The van der Waals surface area contributed by atoms with Gasteiger partial charge < -0.3 is 27.9 Å². The van der Waals surface area contributed by atoms with E-state index in [0.717, 1.165) is 96.3 Å². The zero-order valence-electron chi connectivity index (χ0n) is 42.7. The van der Waals surface area contributed by atoms with E-state index >= 15 is 0 Å². The van der Waals surface area contributed by atoms with E-state index in [1.165, 1.54) is 89.9 Å². The molecule has 0 spiro atoms. The number of unbranched alkanes of at least 4 members (excludes halogenated alkanes) is 20. The first-order valence-corrected chi connectivity index (χ1v) is 27.8. The number of hydrogen-bond acceptors (Lipinski definition) is 7. The van der Waals surface area contributed by atoms with Gasteiger partial charge in [0.1, 0.15) is 19.3 Å². The van der Waals surface area contributed by atoms with Crippen molar-refractivity contribution in [1.29, 1.82) is 0 Å². The van der Waals surface area contributed by atoms with Gasteiger partial charge in [-0.3, -0.25) is 9.36 Å². The Hall–Kier alpha value is -2.32. The molecule has 2 unspecified atom stereocenters. The largest absolute Gasteiger partial charge is 0.756 e. The van der Waals surface area contributed by atoms with E-state index in [4.69, 9.17) is 18.5 Å². The summed E-state index contributed by atoms with van der Waals surface area (Å²) < 4.78 is 34.7. The number of esters is 1. The lowest BCUT2D eigenvalue weighted by atomic mass is 10.0. The molecule has 0 aromatic heterocycles. The van der Waals surface area contributed by atoms with Gasteiger partial charge in [-0.15, -0.1) is 0 Å². The Morgan fingerprint density at radius 3 is 1.34 bits per heavy atom. The Bertz CT molecular complexity index is 1310. The maximum atomic E-state index is 12.7. The minimum absolute atomic E-state index is 0.0177. The van der Waals surface area contributed by atoms with Crippen LogP contribution in [-0.4, -0.2) is 70.7 Å². The number of hydrogen-bond donors (Lipinski definition) is 0. The van der Waals surface area contributed by atoms with Crippen LogP contribution in [0.25, 0.3) is 0 Å². The summed E-state index contributed by atoms with van der Waals surface area (Å²) in [6.07, 6.45) is 64.7. The number of phosphoric acid groups is 1. The highest BCUT2D eigenvalue weighted by Crippen LogP contribution is 2.38. The van der Waals surface area contributed by atoms with Gasteiger partial charge in [0.25, 0.3) is 7.82 Å². The van der Waals surface area contributed by atoms with Crippen LogP contribution in [0.1, 0.15) is 206 Å². The maximum absolute atomic E-state index is 12.7. The first-order chi connectivity index (χ1) is 31.6. The monoisotopic (exact) mass is 930 g/mol. The molecule has 0 amide bonds. The average molecular weight is 930 g/mol. The molecule has 2 atom stereocenters. The van der Waals surface area contributed by atoms with E-state index in [2.05, 4.69) is 98.9 Å². The molecule has 0 fully saturated rings. The molecule has 376 valence electrons. The normalized spacial score (nSPS) is 14.2. The molecular weight excluding hydrogens is 830 g/mol. The van der Waals surface area contributed by atoms with Crippen molar-refractivity contribution in [2.75, 3.05) is 54.1 Å². The van der Waals surface area contributed by atoms with Crippen LogP contribution in [0, 0.1) is 0 Å². The van der Waals surface area contributed by atoms with Crippen LogP contribution in [0.15, 0.2) is 85.1 Å². The van der Waals surface area contributed by atoms with Crippen molar-refractivity contribution in [2.24, 2.45) is 0 Å². The predicted molar refractivity (Wildman–Crippen MR) is 277 cm³/mol. The Kier molecular flexibility index (Phi) is 46.4. The number of phosphoric ester groups is 1. The van der Waals surface area contributed by atoms with E-state index < -0.39 is 13.9 Å². The number of carbonyl (C=O) groups excluding carboxylic acids is 1. The van der Waals surface area contributed by atoms with E-state index in [1.807, 2.05) is 21.1 Å². The number of nitrogens with zero attached hydrogens (tertiary/aromatic N) is 1. The van der Waals surface area contributed by atoms with Gasteiger partial charge in [0.15, 0.2) is 0 Å². The smallest absolute Gasteiger partial charge is 0.306 e. The molecule has 0 N–H and O–H groups in total. The highest BCUT2D eigenvalue weighted by atomic mass is 31.2. The quantitative estimate of drug-likeness (QED) is 0.0197. The first-order valence-electron chi connectivity index (χ1n) is 26.3. The van der Waals surface area contributed by atoms with Crippen molar-refractivity contribution >= 4 is 13.8 Å². The van der Waals surface area contributed by atoms with Gasteiger partial charge in [-0.05, 0) is 70.6 Å². The van der Waals surface area contributed by atoms with E-state index in [9.17, 15) is 14.3 Å². The Balaban J connectivity index is 4.20. The van der Waals surface area contributed by atoms with Crippen LogP contribution in [0.2, 0.25) is 0 Å². The summed E-state index contributed by atoms with van der Waals surface area (Å²) in [5.41, 5.74) is 0. The summed E-state index contributed by atoms with van der Waals surface area (Å²) in [7, 11) is 1.33. The molecule has 65 heavy (non-hydrogen) atoms. The van der Waals surface area contributed by atoms with Crippen LogP contribution in [-0.2, 0) is 27.9 Å². The fourth-order valence-electron chi connectivity index (χ4n) is 6.94. The summed E-state index contributed by atoms with van der Waals surface area (Å²) in [5.74, 6) is -0.344. The Morgan fingerprint density at radius 1 is 0.492 bits per heavy atom. The van der Waals surface area contributed by atoms with Gasteiger partial charge >= 0.3 is 5.97 Å². The number of rotatable bonds is 48. The molecule has 0 saturated carbocycles. The molecule has 0 aliphatic heterocycles. The van der Waals surface area contributed by atoms with Crippen molar-refractivity contribution in [3.8, 4) is 0 Å².